The van der Waals surface area contributed by atoms with Gasteiger partial charge in [0.25, 0.3) is 0 Å². The summed E-state index contributed by atoms with van der Waals surface area (Å²) in [5, 5.41) is 0. The van der Waals surface area contributed by atoms with Gasteiger partial charge in [-0.3, -0.25) is 4.90 Å². The molecule has 0 unspecified atom stereocenters. The Morgan fingerprint density at radius 3 is 3.00 bits per heavy atom. The van der Waals surface area contributed by atoms with E-state index >= 15 is 0 Å². The van der Waals surface area contributed by atoms with Crippen molar-refractivity contribution >= 4 is 0 Å². The third-order valence-electron chi connectivity index (χ3n) is 4.02. The molecule has 0 aromatic heterocycles. The maximum Gasteiger partial charge on any atom is 0.119 e. The summed E-state index contributed by atoms with van der Waals surface area (Å²) in [4.78, 5) is 2.38. The molecule has 1 aromatic carbocycles. The fourth-order valence-electron chi connectivity index (χ4n) is 2.83. The molecule has 0 amide bonds. The monoisotopic (exact) mass is 262 g/mol. The van der Waals surface area contributed by atoms with Gasteiger partial charge in [0, 0.05) is 25.7 Å². The summed E-state index contributed by atoms with van der Waals surface area (Å²) < 4.78 is 11.2. The van der Waals surface area contributed by atoms with E-state index < -0.39 is 0 Å². The molecule has 1 aliphatic carbocycles. The van der Waals surface area contributed by atoms with Crippen molar-refractivity contribution in [1.82, 2.24) is 4.90 Å². The summed E-state index contributed by atoms with van der Waals surface area (Å²) >= 11 is 0. The zero-order valence-corrected chi connectivity index (χ0v) is 11.3. The predicted molar refractivity (Wildman–Crippen MR) is 74.4 cm³/mol. The minimum absolute atomic E-state index is 0.220. The lowest BCUT2D eigenvalue weighted by molar-refractivity contribution is 0.0322. The number of nitrogens with zero attached hydrogens (tertiary/aromatic N) is 1. The van der Waals surface area contributed by atoms with Crippen LogP contribution in [0.25, 0.3) is 0 Å². The SMILES string of the molecule is N[C@@H]1CCc2cc(OCCN3CCOCC3)ccc21. The minimum atomic E-state index is 0.220. The molecule has 104 valence electrons. The highest BCUT2D eigenvalue weighted by atomic mass is 16.5. The number of benzene rings is 1. The van der Waals surface area contributed by atoms with Crippen LogP contribution in [0.4, 0.5) is 0 Å². The lowest BCUT2D eigenvalue weighted by Gasteiger charge is -2.26. The Kier molecular flexibility index (Phi) is 4.01. The lowest BCUT2D eigenvalue weighted by Crippen LogP contribution is -2.38. The largest absolute Gasteiger partial charge is 0.492 e. The Bertz CT molecular complexity index is 430. The van der Waals surface area contributed by atoms with Gasteiger partial charge in [0.1, 0.15) is 12.4 Å². The normalized spacial score (nSPS) is 23.3. The molecular formula is C15H22N2O2. The molecule has 0 saturated carbocycles. The Morgan fingerprint density at radius 1 is 1.32 bits per heavy atom. The molecule has 0 spiro atoms. The average Bonchev–Trinajstić information content (AvgIpc) is 2.81. The Labute approximate surface area is 114 Å². The van der Waals surface area contributed by atoms with E-state index in [0.29, 0.717) is 0 Å². The predicted octanol–water partition coefficient (Wildman–Crippen LogP) is 1.34. The Hall–Kier alpha value is -1.10. The van der Waals surface area contributed by atoms with Gasteiger partial charge in [-0.25, -0.2) is 0 Å². The van der Waals surface area contributed by atoms with Crippen LogP contribution >= 0.6 is 0 Å². The van der Waals surface area contributed by atoms with Crippen LogP contribution in [0.15, 0.2) is 18.2 Å². The first-order chi connectivity index (χ1) is 9.33. The van der Waals surface area contributed by atoms with Crippen LogP contribution in [0.1, 0.15) is 23.6 Å². The number of nitrogens with two attached hydrogens (primary N) is 1. The van der Waals surface area contributed by atoms with Crippen molar-refractivity contribution < 1.29 is 9.47 Å². The van der Waals surface area contributed by atoms with Gasteiger partial charge in [0.05, 0.1) is 13.2 Å². The molecule has 0 radical (unpaired) electrons. The lowest BCUT2D eigenvalue weighted by atomic mass is 10.1. The van der Waals surface area contributed by atoms with E-state index in [-0.39, 0.29) is 6.04 Å². The van der Waals surface area contributed by atoms with Crippen LogP contribution in [0.5, 0.6) is 5.75 Å². The van der Waals surface area contributed by atoms with E-state index in [9.17, 15) is 0 Å². The molecule has 1 fully saturated rings. The Balaban J connectivity index is 1.50. The molecule has 3 rings (SSSR count). The highest BCUT2D eigenvalue weighted by Crippen LogP contribution is 2.31. The van der Waals surface area contributed by atoms with E-state index in [4.69, 9.17) is 15.2 Å². The van der Waals surface area contributed by atoms with E-state index in [0.717, 1.165) is 58.0 Å². The van der Waals surface area contributed by atoms with Gasteiger partial charge in [-0.1, -0.05) is 6.07 Å². The molecule has 4 heteroatoms. The van der Waals surface area contributed by atoms with Crippen LogP contribution in [0.2, 0.25) is 0 Å². The molecule has 2 N–H and O–H groups in total. The first-order valence-corrected chi connectivity index (χ1v) is 7.14. The second-order valence-corrected chi connectivity index (χ2v) is 5.31. The molecule has 1 aliphatic heterocycles. The van der Waals surface area contributed by atoms with Crippen LogP contribution in [-0.2, 0) is 11.2 Å². The molecule has 2 aliphatic rings. The van der Waals surface area contributed by atoms with Gasteiger partial charge in [-0.15, -0.1) is 0 Å². The first kappa shape index (κ1) is 12.9. The maximum absolute atomic E-state index is 6.03. The second kappa shape index (κ2) is 5.90. The standard InChI is InChI=1S/C15H22N2O2/c16-15-4-1-12-11-13(2-3-14(12)15)19-10-7-17-5-8-18-9-6-17/h2-3,11,15H,1,4-10,16H2/t15-/m1/s1. The summed E-state index contributed by atoms with van der Waals surface area (Å²) in [6.07, 6.45) is 2.14. The third kappa shape index (κ3) is 3.08. The fourth-order valence-corrected chi connectivity index (χ4v) is 2.83. The molecule has 1 saturated heterocycles. The third-order valence-corrected chi connectivity index (χ3v) is 4.02. The van der Waals surface area contributed by atoms with Crippen LogP contribution < -0.4 is 10.5 Å². The summed E-state index contributed by atoms with van der Waals surface area (Å²) in [5.74, 6) is 0.973. The van der Waals surface area contributed by atoms with E-state index in [2.05, 4.69) is 17.0 Å². The molecular weight excluding hydrogens is 240 g/mol. The number of hydrogen-bond donors (Lipinski definition) is 1. The zero-order chi connectivity index (χ0) is 13.1. The maximum atomic E-state index is 6.03. The van der Waals surface area contributed by atoms with Crippen molar-refractivity contribution in [3.63, 3.8) is 0 Å². The van der Waals surface area contributed by atoms with Gasteiger partial charge >= 0.3 is 0 Å². The van der Waals surface area contributed by atoms with Crippen molar-refractivity contribution in [3.8, 4) is 5.75 Å². The Morgan fingerprint density at radius 2 is 2.16 bits per heavy atom. The number of aryl methyl sites for hydroxylation is 1. The van der Waals surface area contributed by atoms with Gasteiger partial charge in [-0.2, -0.15) is 0 Å². The summed E-state index contributed by atoms with van der Waals surface area (Å²) in [6.45, 7) is 5.43. The van der Waals surface area contributed by atoms with Crippen molar-refractivity contribution in [1.29, 1.82) is 0 Å². The van der Waals surface area contributed by atoms with Crippen LogP contribution in [0, 0.1) is 0 Å². The van der Waals surface area contributed by atoms with Crippen molar-refractivity contribution in [3.05, 3.63) is 29.3 Å². The van der Waals surface area contributed by atoms with Crippen LogP contribution in [-0.4, -0.2) is 44.4 Å². The zero-order valence-electron chi connectivity index (χ0n) is 11.3. The first-order valence-electron chi connectivity index (χ1n) is 7.14. The van der Waals surface area contributed by atoms with Crippen molar-refractivity contribution in [2.45, 2.75) is 18.9 Å². The smallest absolute Gasteiger partial charge is 0.119 e. The van der Waals surface area contributed by atoms with Crippen LogP contribution in [0.3, 0.4) is 0 Å². The number of hydrogen-bond acceptors (Lipinski definition) is 4. The highest BCUT2D eigenvalue weighted by Gasteiger charge is 2.19. The number of rotatable bonds is 4. The molecule has 1 atom stereocenters. The van der Waals surface area contributed by atoms with Gasteiger partial charge in [-0.05, 0) is 36.1 Å². The summed E-state index contributed by atoms with van der Waals surface area (Å²) in [5.41, 5.74) is 8.68. The van der Waals surface area contributed by atoms with E-state index in [1.165, 1.54) is 11.1 Å². The molecule has 1 heterocycles. The number of morpholine rings is 1. The van der Waals surface area contributed by atoms with E-state index in [1.54, 1.807) is 0 Å². The van der Waals surface area contributed by atoms with Gasteiger partial charge < -0.3 is 15.2 Å². The van der Waals surface area contributed by atoms with Crippen molar-refractivity contribution in [2.24, 2.45) is 5.73 Å². The highest BCUT2D eigenvalue weighted by molar-refractivity contribution is 5.40. The van der Waals surface area contributed by atoms with Crippen molar-refractivity contribution in [2.75, 3.05) is 39.5 Å². The fraction of sp³-hybridized carbons (Fsp3) is 0.600. The molecule has 1 aromatic rings. The number of ether oxygens (including phenoxy) is 2. The van der Waals surface area contributed by atoms with Gasteiger partial charge in [0.2, 0.25) is 0 Å². The quantitative estimate of drug-likeness (QED) is 0.889. The second-order valence-electron chi connectivity index (χ2n) is 5.31. The molecule has 4 nitrogen and oxygen atoms in total. The minimum Gasteiger partial charge on any atom is -0.492 e. The average molecular weight is 262 g/mol. The number of fused-ring (bicyclic) bond motifs is 1. The van der Waals surface area contributed by atoms with Gasteiger partial charge in [0.15, 0.2) is 0 Å². The molecule has 0 bridgehead atoms. The summed E-state index contributed by atoms with van der Waals surface area (Å²) in [6, 6.07) is 6.54. The molecule has 19 heavy (non-hydrogen) atoms. The summed E-state index contributed by atoms with van der Waals surface area (Å²) in [7, 11) is 0. The topological polar surface area (TPSA) is 47.7 Å². The van der Waals surface area contributed by atoms with E-state index in [1.807, 2.05) is 6.07 Å².